The number of hydrogen-bond acceptors (Lipinski definition) is 3. The topological polar surface area (TPSA) is 35.0 Å². The molecule has 144 valence electrons. The maximum Gasteiger partial charge on any atom is 0.322 e. The van der Waals surface area contributed by atoms with E-state index in [1.165, 1.54) is 0 Å². The predicted octanol–water partition coefficient (Wildman–Crippen LogP) is 8.22. The zero-order valence-corrected chi connectivity index (χ0v) is 17.8. The minimum absolute atomic E-state index is 0.172. The average Bonchev–Trinajstić information content (AvgIpc) is 2.69. The first-order chi connectivity index (χ1) is 14.0. The number of rotatable bonds is 4. The summed E-state index contributed by atoms with van der Waals surface area (Å²) in [6.45, 7) is 0. The molecule has 4 aromatic rings. The Morgan fingerprint density at radius 2 is 1.41 bits per heavy atom. The molecule has 0 aliphatic carbocycles. The van der Waals surface area contributed by atoms with Gasteiger partial charge in [-0.1, -0.05) is 64.6 Å². The van der Waals surface area contributed by atoms with Crippen LogP contribution in [0.3, 0.4) is 0 Å². The Hall–Kier alpha value is -2.30. The highest BCUT2D eigenvalue weighted by atomic mass is 35.5. The van der Waals surface area contributed by atoms with Gasteiger partial charge in [-0.05, 0) is 54.1 Å². The zero-order chi connectivity index (χ0) is 20.4. The van der Waals surface area contributed by atoms with Gasteiger partial charge in [-0.2, -0.15) is 4.98 Å². The summed E-state index contributed by atoms with van der Waals surface area (Å²) >= 11 is 24.6. The van der Waals surface area contributed by atoms with E-state index < -0.39 is 0 Å². The summed E-state index contributed by atoms with van der Waals surface area (Å²) in [5.74, 6) is 0.532. The molecule has 7 heteroatoms. The highest BCUT2D eigenvalue weighted by Gasteiger charge is 2.16. The summed E-state index contributed by atoms with van der Waals surface area (Å²) in [6.07, 6.45) is 1.69. The summed E-state index contributed by atoms with van der Waals surface area (Å²) in [6, 6.07) is 19.8. The molecule has 0 radical (unpaired) electrons. The second-order valence-corrected chi connectivity index (χ2v) is 7.82. The van der Waals surface area contributed by atoms with Crippen LogP contribution < -0.4 is 4.74 Å². The van der Waals surface area contributed by atoms with Crippen molar-refractivity contribution < 1.29 is 4.74 Å². The fourth-order valence-corrected chi connectivity index (χ4v) is 3.58. The molecule has 0 atom stereocenters. The second kappa shape index (κ2) is 8.60. The minimum Gasteiger partial charge on any atom is -0.424 e. The van der Waals surface area contributed by atoms with Crippen molar-refractivity contribution in [2.45, 2.75) is 0 Å². The van der Waals surface area contributed by atoms with Crippen LogP contribution in [0.25, 0.3) is 22.4 Å². The molecule has 0 unspecified atom stereocenters. The van der Waals surface area contributed by atoms with Crippen LogP contribution in [0.4, 0.5) is 0 Å². The number of benzene rings is 3. The lowest BCUT2D eigenvalue weighted by Gasteiger charge is -2.13. The standard InChI is InChI=1S/C22H12Cl4N2O/c23-14-6-4-13(5-7-14)19-12-27-22(29-17-3-1-2-15(24)10-17)28-21(19)18-9-8-16(25)11-20(18)26/h1-12H. The first-order valence-electron chi connectivity index (χ1n) is 8.51. The molecule has 0 fully saturated rings. The molecule has 0 saturated carbocycles. The van der Waals surface area contributed by atoms with Crippen LogP contribution in [0.2, 0.25) is 20.1 Å². The number of halogens is 4. The van der Waals surface area contributed by atoms with Crippen molar-refractivity contribution in [2.24, 2.45) is 0 Å². The van der Waals surface area contributed by atoms with Gasteiger partial charge < -0.3 is 4.74 Å². The third-order valence-corrected chi connectivity index (χ3v) is 5.15. The quantitative estimate of drug-likeness (QED) is 0.307. The van der Waals surface area contributed by atoms with E-state index >= 15 is 0 Å². The van der Waals surface area contributed by atoms with Crippen molar-refractivity contribution in [3.63, 3.8) is 0 Å². The van der Waals surface area contributed by atoms with Crippen LogP contribution >= 0.6 is 46.4 Å². The summed E-state index contributed by atoms with van der Waals surface area (Å²) < 4.78 is 5.80. The maximum atomic E-state index is 6.46. The molecule has 29 heavy (non-hydrogen) atoms. The average molecular weight is 462 g/mol. The number of hydrogen-bond donors (Lipinski definition) is 0. The lowest BCUT2D eigenvalue weighted by Crippen LogP contribution is -1.97. The highest BCUT2D eigenvalue weighted by Crippen LogP contribution is 2.37. The Bertz CT molecular complexity index is 1180. The number of ether oxygens (including phenoxy) is 1. The van der Waals surface area contributed by atoms with Gasteiger partial charge in [0.15, 0.2) is 0 Å². The van der Waals surface area contributed by atoms with E-state index in [4.69, 9.17) is 51.1 Å². The molecule has 0 N–H and O–H groups in total. The first kappa shape index (κ1) is 20.0. The van der Waals surface area contributed by atoms with Crippen LogP contribution in [-0.4, -0.2) is 9.97 Å². The molecule has 0 bridgehead atoms. The van der Waals surface area contributed by atoms with E-state index in [0.717, 1.165) is 11.1 Å². The van der Waals surface area contributed by atoms with Crippen molar-refractivity contribution in [1.82, 2.24) is 9.97 Å². The molecule has 0 saturated heterocycles. The smallest absolute Gasteiger partial charge is 0.322 e. The van der Waals surface area contributed by atoms with Crippen molar-refractivity contribution in [2.75, 3.05) is 0 Å². The molecule has 0 aliphatic rings. The van der Waals surface area contributed by atoms with E-state index in [2.05, 4.69) is 9.97 Å². The van der Waals surface area contributed by atoms with Gasteiger partial charge >= 0.3 is 6.01 Å². The van der Waals surface area contributed by atoms with Crippen LogP contribution in [0.5, 0.6) is 11.8 Å². The molecule has 1 aromatic heterocycles. The fourth-order valence-electron chi connectivity index (χ4n) is 2.78. The second-order valence-electron chi connectivity index (χ2n) is 6.11. The van der Waals surface area contributed by atoms with Gasteiger partial charge in [0.25, 0.3) is 0 Å². The Kier molecular flexibility index (Phi) is 5.93. The molecule has 3 aromatic carbocycles. The van der Waals surface area contributed by atoms with E-state index in [-0.39, 0.29) is 6.01 Å². The van der Waals surface area contributed by atoms with Crippen LogP contribution in [0.15, 0.2) is 72.9 Å². The third-order valence-electron chi connectivity index (χ3n) is 4.11. The largest absolute Gasteiger partial charge is 0.424 e. The molecular formula is C22H12Cl4N2O. The first-order valence-corrected chi connectivity index (χ1v) is 10.0. The van der Waals surface area contributed by atoms with E-state index in [0.29, 0.717) is 37.1 Å². The van der Waals surface area contributed by atoms with Crippen molar-refractivity contribution in [1.29, 1.82) is 0 Å². The maximum absolute atomic E-state index is 6.46. The number of aromatic nitrogens is 2. The van der Waals surface area contributed by atoms with E-state index in [9.17, 15) is 0 Å². The number of nitrogens with zero attached hydrogens (tertiary/aromatic N) is 2. The molecular weight excluding hydrogens is 450 g/mol. The molecule has 0 amide bonds. The van der Waals surface area contributed by atoms with Gasteiger partial charge in [0.2, 0.25) is 0 Å². The summed E-state index contributed by atoms with van der Waals surface area (Å²) in [4.78, 5) is 8.98. The summed E-state index contributed by atoms with van der Waals surface area (Å²) in [7, 11) is 0. The van der Waals surface area contributed by atoms with Gasteiger partial charge in [-0.3, -0.25) is 0 Å². The van der Waals surface area contributed by atoms with Crippen molar-refractivity contribution in [3.05, 3.63) is 93.0 Å². The Labute approximate surface area is 187 Å². The van der Waals surface area contributed by atoms with Gasteiger partial charge in [-0.25, -0.2) is 4.98 Å². The summed E-state index contributed by atoms with van der Waals surface area (Å²) in [5, 5.41) is 2.21. The lowest BCUT2D eigenvalue weighted by atomic mass is 10.0. The van der Waals surface area contributed by atoms with Gasteiger partial charge in [-0.15, -0.1) is 0 Å². The van der Waals surface area contributed by atoms with Gasteiger partial charge in [0.1, 0.15) is 5.75 Å². The Morgan fingerprint density at radius 1 is 0.690 bits per heavy atom. The molecule has 0 aliphatic heterocycles. The fraction of sp³-hybridized carbons (Fsp3) is 0. The molecule has 4 rings (SSSR count). The van der Waals surface area contributed by atoms with Crippen LogP contribution in [-0.2, 0) is 0 Å². The van der Waals surface area contributed by atoms with Crippen LogP contribution in [0.1, 0.15) is 0 Å². The minimum atomic E-state index is 0.172. The van der Waals surface area contributed by atoms with E-state index in [1.54, 1.807) is 54.7 Å². The SMILES string of the molecule is Clc1ccc(-c2cnc(Oc3cccc(Cl)c3)nc2-c2ccc(Cl)cc2Cl)cc1. The Balaban J connectivity index is 1.84. The van der Waals surface area contributed by atoms with Crippen LogP contribution in [0, 0.1) is 0 Å². The Morgan fingerprint density at radius 3 is 2.14 bits per heavy atom. The normalized spacial score (nSPS) is 10.8. The highest BCUT2D eigenvalue weighted by molar-refractivity contribution is 6.36. The summed E-state index contributed by atoms with van der Waals surface area (Å²) in [5.41, 5.74) is 2.99. The van der Waals surface area contributed by atoms with Gasteiger partial charge in [0.05, 0.1) is 10.7 Å². The predicted molar refractivity (Wildman–Crippen MR) is 119 cm³/mol. The van der Waals surface area contributed by atoms with Gasteiger partial charge in [0, 0.05) is 32.4 Å². The lowest BCUT2D eigenvalue weighted by molar-refractivity contribution is 0.443. The van der Waals surface area contributed by atoms with Crippen molar-refractivity contribution >= 4 is 46.4 Å². The molecule has 0 spiro atoms. The molecule has 1 heterocycles. The van der Waals surface area contributed by atoms with E-state index in [1.807, 2.05) is 18.2 Å². The third kappa shape index (κ3) is 4.65. The monoisotopic (exact) mass is 460 g/mol. The molecule has 3 nitrogen and oxygen atoms in total. The zero-order valence-electron chi connectivity index (χ0n) is 14.7. The van der Waals surface area contributed by atoms with Crippen molar-refractivity contribution in [3.8, 4) is 34.1 Å².